The van der Waals surface area contributed by atoms with Crippen molar-refractivity contribution in [1.29, 1.82) is 0 Å². The van der Waals surface area contributed by atoms with E-state index in [4.69, 9.17) is 9.73 Å². The zero-order valence-electron chi connectivity index (χ0n) is 22.0. The topological polar surface area (TPSA) is 74.2 Å². The van der Waals surface area contributed by atoms with E-state index < -0.39 is 5.92 Å². The highest BCUT2D eigenvalue weighted by Gasteiger charge is 2.35. The lowest BCUT2D eigenvalue weighted by molar-refractivity contribution is -0.121. The molecule has 1 atom stereocenters. The molecule has 0 radical (unpaired) electrons. The van der Waals surface area contributed by atoms with Crippen LogP contribution in [-0.2, 0) is 14.3 Å². The molecule has 0 aromatic heterocycles. The molecule has 0 aliphatic carbocycles. The number of nitrogens with one attached hydrogen (secondary N) is 1. The Kier molecular flexibility index (Phi) is 7.96. The molecule has 0 saturated carbocycles. The van der Waals surface area contributed by atoms with Gasteiger partial charge in [0.05, 0.1) is 24.6 Å². The third-order valence-electron chi connectivity index (χ3n) is 7.05. The highest BCUT2D eigenvalue weighted by atomic mass is 16.5. The number of para-hydroxylation sites is 1. The minimum Gasteiger partial charge on any atom is -0.379 e. The molecule has 196 valence electrons. The van der Waals surface area contributed by atoms with Gasteiger partial charge in [0.25, 0.3) is 0 Å². The maximum absolute atomic E-state index is 13.1. The Morgan fingerprint density at radius 2 is 1.68 bits per heavy atom. The second kappa shape index (κ2) is 11.7. The Balaban J connectivity index is 1.44. The molecule has 5 rings (SSSR count). The van der Waals surface area contributed by atoms with Gasteiger partial charge in [-0.25, -0.2) is 0 Å². The van der Waals surface area contributed by atoms with E-state index >= 15 is 0 Å². The first-order valence-corrected chi connectivity index (χ1v) is 13.3. The Morgan fingerprint density at radius 3 is 2.39 bits per heavy atom. The molecule has 7 heteroatoms. The van der Waals surface area contributed by atoms with Crippen molar-refractivity contribution in [3.63, 3.8) is 0 Å². The zero-order chi connectivity index (χ0) is 26.5. The smallest absolute Gasteiger partial charge is 0.238 e. The maximum Gasteiger partial charge on any atom is 0.238 e. The minimum atomic E-state index is -0.499. The van der Waals surface area contributed by atoms with Crippen molar-refractivity contribution in [3.8, 4) is 0 Å². The first kappa shape index (κ1) is 25.8. The van der Waals surface area contributed by atoms with E-state index in [9.17, 15) is 9.59 Å². The summed E-state index contributed by atoms with van der Waals surface area (Å²) in [5.74, 6) is -0.593. The van der Waals surface area contributed by atoms with Gasteiger partial charge in [-0.2, -0.15) is 0 Å². The van der Waals surface area contributed by atoms with Crippen LogP contribution < -0.4 is 10.2 Å². The highest BCUT2D eigenvalue weighted by molar-refractivity contribution is 6.24. The van der Waals surface area contributed by atoms with E-state index in [-0.39, 0.29) is 17.7 Å². The van der Waals surface area contributed by atoms with Gasteiger partial charge in [0.2, 0.25) is 11.8 Å². The third-order valence-corrected chi connectivity index (χ3v) is 7.05. The van der Waals surface area contributed by atoms with Gasteiger partial charge in [-0.3, -0.25) is 19.5 Å². The van der Waals surface area contributed by atoms with Gasteiger partial charge in [-0.05, 0) is 41.5 Å². The SMILES string of the molecule is CC(C)C(=O)N(CCN1CCOCC1)c1ccc(N=C(c2ccccc2)C2C(=O)Nc3ccccc32)cc1. The van der Waals surface area contributed by atoms with Crippen molar-refractivity contribution in [2.75, 3.05) is 49.6 Å². The number of rotatable bonds is 8. The van der Waals surface area contributed by atoms with E-state index in [1.54, 1.807) is 0 Å². The van der Waals surface area contributed by atoms with Crippen LogP contribution in [0.5, 0.6) is 0 Å². The van der Waals surface area contributed by atoms with Gasteiger partial charge in [0, 0.05) is 43.5 Å². The summed E-state index contributed by atoms with van der Waals surface area (Å²) in [7, 11) is 0. The summed E-state index contributed by atoms with van der Waals surface area (Å²) >= 11 is 0. The summed E-state index contributed by atoms with van der Waals surface area (Å²) in [5.41, 5.74) is 4.92. The fraction of sp³-hybridized carbons (Fsp3) is 0.323. The monoisotopic (exact) mass is 510 g/mol. The minimum absolute atomic E-state index is 0.0813. The number of carbonyl (C=O) groups is 2. The number of ether oxygens (including phenoxy) is 1. The molecule has 1 N–H and O–H groups in total. The number of benzene rings is 3. The van der Waals surface area contributed by atoms with Gasteiger partial charge in [-0.1, -0.05) is 62.4 Å². The summed E-state index contributed by atoms with van der Waals surface area (Å²) in [6.45, 7) is 8.52. The van der Waals surface area contributed by atoms with Crippen molar-refractivity contribution < 1.29 is 14.3 Å². The number of hydrogen-bond acceptors (Lipinski definition) is 5. The molecule has 7 nitrogen and oxygen atoms in total. The van der Waals surface area contributed by atoms with Crippen LogP contribution in [0, 0.1) is 5.92 Å². The van der Waals surface area contributed by atoms with Crippen molar-refractivity contribution in [1.82, 2.24) is 4.90 Å². The Bertz CT molecular complexity index is 1300. The number of nitrogens with zero attached hydrogens (tertiary/aromatic N) is 3. The van der Waals surface area contributed by atoms with Crippen molar-refractivity contribution in [2.24, 2.45) is 10.9 Å². The lowest BCUT2D eigenvalue weighted by atomic mass is 9.90. The van der Waals surface area contributed by atoms with Crippen LogP contribution in [0.25, 0.3) is 0 Å². The van der Waals surface area contributed by atoms with E-state index in [1.165, 1.54) is 0 Å². The van der Waals surface area contributed by atoms with Crippen LogP contribution in [0.2, 0.25) is 0 Å². The first-order chi connectivity index (χ1) is 18.5. The lowest BCUT2D eigenvalue weighted by Crippen LogP contribution is -2.44. The second-order valence-electron chi connectivity index (χ2n) is 9.99. The second-order valence-corrected chi connectivity index (χ2v) is 9.99. The standard InChI is InChI=1S/C31H34N4O3/c1-22(2)31(37)35(17-16-34-18-20-38-21-19-34)25-14-12-24(13-15-25)32-29(23-8-4-3-5-9-23)28-26-10-6-7-11-27(26)33-30(28)36/h3-15,22,28H,16-21H2,1-2H3,(H,33,36). The molecule has 1 fully saturated rings. The van der Waals surface area contributed by atoms with Crippen LogP contribution in [0.3, 0.4) is 0 Å². The quantitative estimate of drug-likeness (QED) is 0.439. The summed E-state index contributed by atoms with van der Waals surface area (Å²) in [6, 6.07) is 25.3. The zero-order valence-corrected chi connectivity index (χ0v) is 22.0. The fourth-order valence-electron chi connectivity index (χ4n) is 4.98. The van der Waals surface area contributed by atoms with Gasteiger partial charge < -0.3 is 15.0 Å². The normalized spacial score (nSPS) is 17.8. The molecular formula is C31H34N4O3. The molecule has 3 aromatic rings. The van der Waals surface area contributed by atoms with Crippen LogP contribution in [-0.4, -0.2) is 61.8 Å². The van der Waals surface area contributed by atoms with Gasteiger partial charge >= 0.3 is 0 Å². The van der Waals surface area contributed by atoms with Crippen molar-refractivity contribution in [2.45, 2.75) is 19.8 Å². The largest absolute Gasteiger partial charge is 0.379 e. The first-order valence-electron chi connectivity index (χ1n) is 13.3. The van der Waals surface area contributed by atoms with E-state index in [0.717, 1.165) is 61.0 Å². The molecule has 1 saturated heterocycles. The van der Waals surface area contributed by atoms with E-state index in [0.29, 0.717) is 12.3 Å². The molecule has 0 bridgehead atoms. The Hall–Kier alpha value is -3.81. The molecule has 2 aliphatic heterocycles. The molecule has 2 amide bonds. The summed E-state index contributed by atoms with van der Waals surface area (Å²) in [5, 5.41) is 3.00. The van der Waals surface area contributed by atoms with Gasteiger partial charge in [0.15, 0.2) is 0 Å². The average Bonchev–Trinajstić information content (AvgIpc) is 3.28. The molecule has 2 heterocycles. The predicted octanol–water partition coefficient (Wildman–Crippen LogP) is 4.86. The number of anilines is 2. The van der Waals surface area contributed by atoms with Crippen LogP contribution in [0.1, 0.15) is 30.9 Å². The molecule has 0 spiro atoms. The number of hydrogen-bond donors (Lipinski definition) is 1. The number of carbonyl (C=O) groups excluding carboxylic acids is 2. The molecule has 38 heavy (non-hydrogen) atoms. The molecule has 1 unspecified atom stereocenters. The third kappa shape index (κ3) is 5.69. The number of amides is 2. The number of aliphatic imine (C=N–C) groups is 1. The lowest BCUT2D eigenvalue weighted by Gasteiger charge is -2.31. The van der Waals surface area contributed by atoms with Gasteiger partial charge in [0.1, 0.15) is 5.92 Å². The van der Waals surface area contributed by atoms with Crippen LogP contribution in [0.15, 0.2) is 83.9 Å². The molecule has 3 aromatic carbocycles. The van der Waals surface area contributed by atoms with Crippen molar-refractivity contribution in [3.05, 3.63) is 90.0 Å². The van der Waals surface area contributed by atoms with Crippen LogP contribution in [0.4, 0.5) is 17.1 Å². The Morgan fingerprint density at radius 1 is 1.00 bits per heavy atom. The summed E-state index contributed by atoms with van der Waals surface area (Å²) in [6.07, 6.45) is 0. The number of morpholine rings is 1. The number of fused-ring (bicyclic) bond motifs is 1. The summed E-state index contributed by atoms with van der Waals surface area (Å²) < 4.78 is 5.46. The van der Waals surface area contributed by atoms with E-state index in [2.05, 4.69) is 10.2 Å². The highest BCUT2D eigenvalue weighted by Crippen LogP contribution is 2.36. The average molecular weight is 511 g/mol. The summed E-state index contributed by atoms with van der Waals surface area (Å²) in [4.78, 5) is 35.4. The molecular weight excluding hydrogens is 476 g/mol. The molecule has 2 aliphatic rings. The van der Waals surface area contributed by atoms with Crippen LogP contribution >= 0.6 is 0 Å². The predicted molar refractivity (Wildman–Crippen MR) is 151 cm³/mol. The van der Waals surface area contributed by atoms with Crippen molar-refractivity contribution >= 4 is 34.6 Å². The fourth-order valence-corrected chi connectivity index (χ4v) is 4.98. The maximum atomic E-state index is 13.1. The Labute approximate surface area is 224 Å². The van der Waals surface area contributed by atoms with Gasteiger partial charge in [-0.15, -0.1) is 0 Å². The van der Waals surface area contributed by atoms with E-state index in [1.807, 2.05) is 97.6 Å².